The molecule has 102 valence electrons. The van der Waals surface area contributed by atoms with Crippen LogP contribution in [0.5, 0.6) is 0 Å². The van der Waals surface area contributed by atoms with Gasteiger partial charge in [-0.15, -0.1) is 0 Å². The first kappa shape index (κ1) is 15.2. The normalized spacial score (nSPS) is 12.6. The lowest BCUT2D eigenvalue weighted by Gasteiger charge is -2.14. The number of nitrogens with two attached hydrogens (primary N) is 1. The molecule has 1 rings (SSSR count). The van der Waals surface area contributed by atoms with E-state index in [-0.39, 0.29) is 0 Å². The van der Waals surface area contributed by atoms with Gasteiger partial charge in [0.2, 0.25) is 0 Å². The van der Waals surface area contributed by atoms with Crippen LogP contribution in [-0.2, 0) is 0 Å². The van der Waals surface area contributed by atoms with Gasteiger partial charge in [-0.1, -0.05) is 82.2 Å². The summed E-state index contributed by atoms with van der Waals surface area (Å²) < 4.78 is 0. The fourth-order valence-corrected chi connectivity index (χ4v) is 2.49. The molecule has 0 aliphatic carbocycles. The molecular formula is C17H29N. The van der Waals surface area contributed by atoms with Crippen molar-refractivity contribution in [1.29, 1.82) is 0 Å². The lowest BCUT2D eigenvalue weighted by Crippen LogP contribution is -2.12. The number of unbranched alkanes of at least 4 members (excludes halogenated alkanes) is 6. The molecule has 0 aromatic heterocycles. The van der Waals surface area contributed by atoms with Crippen LogP contribution in [0.2, 0.25) is 0 Å². The zero-order chi connectivity index (χ0) is 13.1. The third kappa shape index (κ3) is 6.20. The molecule has 0 bridgehead atoms. The lowest BCUT2D eigenvalue weighted by molar-refractivity contribution is 0.537. The van der Waals surface area contributed by atoms with Crippen LogP contribution < -0.4 is 5.73 Å². The van der Waals surface area contributed by atoms with Crippen LogP contribution in [0.3, 0.4) is 0 Å². The van der Waals surface area contributed by atoms with Crippen molar-refractivity contribution >= 4 is 0 Å². The zero-order valence-corrected chi connectivity index (χ0v) is 11.9. The highest BCUT2D eigenvalue weighted by atomic mass is 14.5. The minimum Gasteiger partial charge on any atom is -0.330 e. The van der Waals surface area contributed by atoms with Gasteiger partial charge in [-0.25, -0.2) is 0 Å². The summed E-state index contributed by atoms with van der Waals surface area (Å²) in [5.41, 5.74) is 7.29. The van der Waals surface area contributed by atoms with E-state index < -0.39 is 0 Å². The smallest absolute Gasteiger partial charge is 0.000824 e. The number of rotatable bonds is 10. The van der Waals surface area contributed by atoms with Gasteiger partial charge in [0.15, 0.2) is 0 Å². The van der Waals surface area contributed by atoms with Crippen molar-refractivity contribution in [2.24, 2.45) is 5.73 Å². The minimum atomic E-state index is 0.557. The van der Waals surface area contributed by atoms with Gasteiger partial charge in [-0.2, -0.15) is 0 Å². The van der Waals surface area contributed by atoms with Gasteiger partial charge in [0.05, 0.1) is 0 Å². The third-order valence-corrected chi connectivity index (χ3v) is 3.71. The van der Waals surface area contributed by atoms with E-state index in [1.54, 1.807) is 0 Å². The van der Waals surface area contributed by atoms with E-state index in [4.69, 9.17) is 5.73 Å². The Morgan fingerprint density at radius 3 is 2.11 bits per heavy atom. The Labute approximate surface area is 113 Å². The Bertz CT molecular complexity index is 281. The van der Waals surface area contributed by atoms with Gasteiger partial charge >= 0.3 is 0 Å². The molecule has 1 aromatic carbocycles. The molecule has 1 aromatic rings. The highest BCUT2D eigenvalue weighted by Gasteiger charge is 2.08. The van der Waals surface area contributed by atoms with Crippen LogP contribution in [0.25, 0.3) is 0 Å². The molecule has 0 radical (unpaired) electrons. The van der Waals surface area contributed by atoms with Crippen LogP contribution in [0, 0.1) is 0 Å². The summed E-state index contributed by atoms with van der Waals surface area (Å²) in [5.74, 6) is 0.557. The first-order valence-corrected chi connectivity index (χ1v) is 7.63. The second-order valence-corrected chi connectivity index (χ2v) is 5.25. The topological polar surface area (TPSA) is 26.0 Å². The fourth-order valence-electron chi connectivity index (χ4n) is 2.49. The molecule has 0 aliphatic heterocycles. The van der Waals surface area contributed by atoms with Gasteiger partial charge in [0.25, 0.3) is 0 Å². The van der Waals surface area contributed by atoms with E-state index in [1.165, 1.54) is 56.9 Å². The van der Waals surface area contributed by atoms with Gasteiger partial charge in [-0.05, 0) is 24.4 Å². The maximum atomic E-state index is 5.89. The summed E-state index contributed by atoms with van der Waals surface area (Å²) in [5, 5.41) is 0. The van der Waals surface area contributed by atoms with E-state index in [1.807, 2.05) is 0 Å². The Hall–Kier alpha value is -0.820. The highest BCUT2D eigenvalue weighted by Crippen LogP contribution is 2.21. The van der Waals surface area contributed by atoms with Crippen molar-refractivity contribution < 1.29 is 0 Å². The van der Waals surface area contributed by atoms with Gasteiger partial charge in [0.1, 0.15) is 0 Å². The van der Waals surface area contributed by atoms with E-state index in [9.17, 15) is 0 Å². The van der Waals surface area contributed by atoms with Crippen molar-refractivity contribution in [3.63, 3.8) is 0 Å². The largest absolute Gasteiger partial charge is 0.330 e. The summed E-state index contributed by atoms with van der Waals surface area (Å²) in [6, 6.07) is 10.7. The van der Waals surface area contributed by atoms with Crippen molar-refractivity contribution in [2.45, 2.75) is 64.2 Å². The molecule has 0 saturated carbocycles. The van der Waals surface area contributed by atoms with E-state index >= 15 is 0 Å². The summed E-state index contributed by atoms with van der Waals surface area (Å²) >= 11 is 0. The Morgan fingerprint density at radius 1 is 0.889 bits per heavy atom. The van der Waals surface area contributed by atoms with Crippen molar-refractivity contribution in [1.82, 2.24) is 0 Å². The molecule has 2 N–H and O–H groups in total. The Kier molecular flexibility index (Phi) is 8.58. The average molecular weight is 247 g/mol. The van der Waals surface area contributed by atoms with Gasteiger partial charge in [-0.3, -0.25) is 0 Å². The van der Waals surface area contributed by atoms with Crippen molar-refractivity contribution in [3.05, 3.63) is 35.9 Å². The summed E-state index contributed by atoms with van der Waals surface area (Å²) in [7, 11) is 0. The third-order valence-electron chi connectivity index (χ3n) is 3.71. The Morgan fingerprint density at radius 2 is 1.50 bits per heavy atom. The maximum Gasteiger partial charge on any atom is -0.000824 e. The summed E-state index contributed by atoms with van der Waals surface area (Å²) in [6.45, 7) is 3.05. The molecule has 1 atom stereocenters. The first-order chi connectivity index (χ1) is 8.88. The molecule has 0 spiro atoms. The highest BCUT2D eigenvalue weighted by molar-refractivity contribution is 5.19. The fraction of sp³-hybridized carbons (Fsp3) is 0.647. The van der Waals surface area contributed by atoms with Crippen LogP contribution in [0.1, 0.15) is 69.8 Å². The molecule has 18 heavy (non-hydrogen) atoms. The number of benzene rings is 1. The van der Waals surface area contributed by atoms with E-state index in [2.05, 4.69) is 37.3 Å². The Balaban J connectivity index is 2.13. The summed E-state index contributed by atoms with van der Waals surface area (Å²) in [4.78, 5) is 0. The van der Waals surface area contributed by atoms with Gasteiger partial charge in [0, 0.05) is 0 Å². The van der Waals surface area contributed by atoms with Crippen molar-refractivity contribution in [3.8, 4) is 0 Å². The maximum absolute atomic E-state index is 5.89. The van der Waals surface area contributed by atoms with Crippen molar-refractivity contribution in [2.75, 3.05) is 6.54 Å². The zero-order valence-electron chi connectivity index (χ0n) is 11.9. The minimum absolute atomic E-state index is 0.557. The molecule has 1 unspecified atom stereocenters. The molecule has 0 heterocycles. The van der Waals surface area contributed by atoms with Gasteiger partial charge < -0.3 is 5.73 Å². The second-order valence-electron chi connectivity index (χ2n) is 5.25. The quantitative estimate of drug-likeness (QED) is 0.586. The molecule has 0 fully saturated rings. The molecular weight excluding hydrogens is 218 g/mol. The SMILES string of the molecule is CCCCCCCCCC(CN)c1ccccc1. The molecule has 0 amide bonds. The lowest BCUT2D eigenvalue weighted by atomic mass is 9.93. The molecule has 1 heteroatoms. The van der Waals surface area contributed by atoms with Crippen LogP contribution >= 0.6 is 0 Å². The second kappa shape index (κ2) is 10.1. The summed E-state index contributed by atoms with van der Waals surface area (Å²) in [6.07, 6.45) is 10.9. The molecule has 0 aliphatic rings. The molecule has 0 saturated heterocycles. The van der Waals surface area contributed by atoms with Crippen LogP contribution in [-0.4, -0.2) is 6.54 Å². The number of hydrogen-bond acceptors (Lipinski definition) is 1. The average Bonchev–Trinajstić information content (AvgIpc) is 2.43. The predicted molar refractivity (Wildman–Crippen MR) is 80.8 cm³/mol. The molecule has 1 nitrogen and oxygen atoms in total. The van der Waals surface area contributed by atoms with Crippen LogP contribution in [0.4, 0.5) is 0 Å². The monoisotopic (exact) mass is 247 g/mol. The van der Waals surface area contributed by atoms with E-state index in [0.29, 0.717) is 5.92 Å². The number of hydrogen-bond donors (Lipinski definition) is 1. The van der Waals surface area contributed by atoms with Crippen LogP contribution in [0.15, 0.2) is 30.3 Å². The van der Waals surface area contributed by atoms with E-state index in [0.717, 1.165) is 6.54 Å². The predicted octanol–water partition coefficient (Wildman–Crippen LogP) is 4.87. The first-order valence-electron chi connectivity index (χ1n) is 7.63. The standard InChI is InChI=1S/C17H29N/c1-2-3-4-5-6-7-9-14-17(15-18)16-12-10-8-11-13-16/h8,10-13,17H,2-7,9,14-15,18H2,1H3.